The largest absolute Gasteiger partial charge is 0.381 e. The molecule has 1 aliphatic heterocycles. The lowest BCUT2D eigenvalue weighted by Gasteiger charge is -2.29. The van der Waals surface area contributed by atoms with Gasteiger partial charge in [0.05, 0.1) is 0 Å². The first-order valence-electron chi connectivity index (χ1n) is 6.03. The summed E-state index contributed by atoms with van der Waals surface area (Å²) >= 11 is 0. The van der Waals surface area contributed by atoms with Gasteiger partial charge in [-0.3, -0.25) is 0 Å². The van der Waals surface area contributed by atoms with E-state index in [1.165, 1.54) is 25.7 Å². The van der Waals surface area contributed by atoms with Gasteiger partial charge < -0.3 is 10.1 Å². The van der Waals surface area contributed by atoms with Gasteiger partial charge in [-0.25, -0.2) is 0 Å². The highest BCUT2D eigenvalue weighted by atomic mass is 16.5. The lowest BCUT2D eigenvalue weighted by atomic mass is 9.85. The Bertz CT molecular complexity index is 139. The molecule has 1 N–H and O–H groups in total. The van der Waals surface area contributed by atoms with Gasteiger partial charge >= 0.3 is 0 Å². The van der Waals surface area contributed by atoms with Crippen molar-refractivity contribution in [3.05, 3.63) is 0 Å². The quantitative estimate of drug-likeness (QED) is 0.734. The molecule has 0 saturated carbocycles. The van der Waals surface area contributed by atoms with Crippen LogP contribution in [-0.4, -0.2) is 26.3 Å². The number of hydrogen-bond acceptors (Lipinski definition) is 2. The molecule has 1 fully saturated rings. The molecule has 0 bridgehead atoms. The SMILES string of the molecule is CCC(NC)C(C)CC1CCOCC1. The van der Waals surface area contributed by atoms with Crippen LogP contribution in [0.5, 0.6) is 0 Å². The van der Waals surface area contributed by atoms with Crippen molar-refractivity contribution in [2.75, 3.05) is 20.3 Å². The molecule has 1 rings (SSSR count). The van der Waals surface area contributed by atoms with Crippen LogP contribution in [0.25, 0.3) is 0 Å². The van der Waals surface area contributed by atoms with Crippen LogP contribution < -0.4 is 5.32 Å². The number of nitrogens with one attached hydrogen (secondary N) is 1. The summed E-state index contributed by atoms with van der Waals surface area (Å²) in [5, 5.41) is 3.41. The predicted octanol–water partition coefficient (Wildman–Crippen LogP) is 2.44. The normalized spacial score (nSPS) is 23.4. The van der Waals surface area contributed by atoms with Crippen LogP contribution in [0.3, 0.4) is 0 Å². The molecule has 1 saturated heterocycles. The summed E-state index contributed by atoms with van der Waals surface area (Å²) in [5.41, 5.74) is 0. The van der Waals surface area contributed by atoms with Crippen molar-refractivity contribution in [3.63, 3.8) is 0 Å². The van der Waals surface area contributed by atoms with Crippen LogP contribution in [-0.2, 0) is 4.74 Å². The van der Waals surface area contributed by atoms with Crippen molar-refractivity contribution in [2.24, 2.45) is 11.8 Å². The Labute approximate surface area is 88.4 Å². The van der Waals surface area contributed by atoms with E-state index >= 15 is 0 Å². The molecule has 84 valence electrons. The molecule has 1 heterocycles. The Kier molecular flexibility index (Phi) is 5.49. The highest BCUT2D eigenvalue weighted by Gasteiger charge is 2.20. The minimum atomic E-state index is 0.692. The van der Waals surface area contributed by atoms with E-state index < -0.39 is 0 Å². The number of rotatable bonds is 5. The molecule has 0 aromatic rings. The van der Waals surface area contributed by atoms with Crippen molar-refractivity contribution in [1.29, 1.82) is 0 Å². The van der Waals surface area contributed by atoms with Crippen LogP contribution in [0, 0.1) is 11.8 Å². The fraction of sp³-hybridized carbons (Fsp3) is 1.00. The van der Waals surface area contributed by atoms with Gasteiger partial charge in [-0.2, -0.15) is 0 Å². The maximum Gasteiger partial charge on any atom is 0.0468 e. The summed E-state index contributed by atoms with van der Waals surface area (Å²) < 4.78 is 5.38. The van der Waals surface area contributed by atoms with Crippen LogP contribution in [0.1, 0.15) is 39.5 Å². The maximum absolute atomic E-state index is 5.38. The molecular formula is C12H25NO. The minimum Gasteiger partial charge on any atom is -0.381 e. The van der Waals surface area contributed by atoms with E-state index in [-0.39, 0.29) is 0 Å². The third kappa shape index (κ3) is 3.58. The van der Waals surface area contributed by atoms with Gasteiger partial charge in [0, 0.05) is 19.3 Å². The first-order chi connectivity index (χ1) is 6.77. The van der Waals surface area contributed by atoms with Crippen molar-refractivity contribution in [3.8, 4) is 0 Å². The van der Waals surface area contributed by atoms with Gasteiger partial charge in [-0.05, 0) is 44.6 Å². The minimum absolute atomic E-state index is 0.692. The molecule has 0 radical (unpaired) electrons. The highest BCUT2D eigenvalue weighted by Crippen LogP contribution is 2.25. The third-order valence-electron chi connectivity index (χ3n) is 3.54. The van der Waals surface area contributed by atoms with Crippen LogP contribution in [0.4, 0.5) is 0 Å². The fourth-order valence-corrected chi connectivity index (χ4v) is 2.56. The zero-order chi connectivity index (χ0) is 10.4. The lowest BCUT2D eigenvalue weighted by Crippen LogP contribution is -2.33. The molecule has 2 unspecified atom stereocenters. The summed E-state index contributed by atoms with van der Waals surface area (Å²) in [6.45, 7) is 6.60. The molecule has 2 nitrogen and oxygen atoms in total. The van der Waals surface area contributed by atoms with Crippen molar-refractivity contribution < 1.29 is 4.74 Å². The van der Waals surface area contributed by atoms with Gasteiger partial charge in [0.15, 0.2) is 0 Å². The van der Waals surface area contributed by atoms with Crippen molar-refractivity contribution >= 4 is 0 Å². The second-order valence-corrected chi connectivity index (χ2v) is 4.57. The van der Waals surface area contributed by atoms with Gasteiger partial charge in [0.25, 0.3) is 0 Å². The number of ether oxygens (including phenoxy) is 1. The molecule has 0 spiro atoms. The van der Waals surface area contributed by atoms with Gasteiger partial charge in [0.1, 0.15) is 0 Å². The molecular weight excluding hydrogens is 174 g/mol. The Morgan fingerprint density at radius 1 is 1.36 bits per heavy atom. The van der Waals surface area contributed by atoms with Gasteiger partial charge in [-0.1, -0.05) is 13.8 Å². The third-order valence-corrected chi connectivity index (χ3v) is 3.54. The summed E-state index contributed by atoms with van der Waals surface area (Å²) in [7, 11) is 2.08. The van der Waals surface area contributed by atoms with E-state index in [1.54, 1.807) is 0 Å². The molecule has 0 aromatic carbocycles. The summed E-state index contributed by atoms with van der Waals surface area (Å²) in [4.78, 5) is 0. The fourth-order valence-electron chi connectivity index (χ4n) is 2.56. The van der Waals surface area contributed by atoms with E-state index in [0.717, 1.165) is 25.0 Å². The average molecular weight is 199 g/mol. The Hall–Kier alpha value is -0.0800. The first kappa shape index (κ1) is 12.0. The zero-order valence-corrected chi connectivity index (χ0v) is 9.88. The van der Waals surface area contributed by atoms with Gasteiger partial charge in [0.2, 0.25) is 0 Å². The lowest BCUT2D eigenvalue weighted by molar-refractivity contribution is 0.0573. The van der Waals surface area contributed by atoms with Crippen molar-refractivity contribution in [2.45, 2.75) is 45.6 Å². The second kappa shape index (κ2) is 6.41. The van der Waals surface area contributed by atoms with E-state index in [1.807, 2.05) is 0 Å². The average Bonchev–Trinajstić information content (AvgIpc) is 2.21. The number of hydrogen-bond donors (Lipinski definition) is 1. The molecule has 2 atom stereocenters. The van der Waals surface area contributed by atoms with E-state index in [0.29, 0.717) is 6.04 Å². The van der Waals surface area contributed by atoms with Crippen molar-refractivity contribution in [1.82, 2.24) is 5.32 Å². The molecule has 2 heteroatoms. The Balaban J connectivity index is 2.26. The van der Waals surface area contributed by atoms with Gasteiger partial charge in [-0.15, -0.1) is 0 Å². The monoisotopic (exact) mass is 199 g/mol. The summed E-state index contributed by atoms with van der Waals surface area (Å²) in [5.74, 6) is 1.70. The highest BCUT2D eigenvalue weighted by molar-refractivity contribution is 4.74. The molecule has 0 aromatic heterocycles. The molecule has 1 aliphatic rings. The molecule has 0 aliphatic carbocycles. The standard InChI is InChI=1S/C12H25NO/c1-4-12(13-3)10(2)9-11-5-7-14-8-6-11/h10-13H,4-9H2,1-3H3. The summed E-state index contributed by atoms with van der Waals surface area (Å²) in [6, 6.07) is 0.692. The zero-order valence-electron chi connectivity index (χ0n) is 9.88. The van der Waals surface area contributed by atoms with E-state index in [9.17, 15) is 0 Å². The molecule has 14 heavy (non-hydrogen) atoms. The van der Waals surface area contributed by atoms with E-state index in [2.05, 4.69) is 26.2 Å². The summed E-state index contributed by atoms with van der Waals surface area (Å²) in [6.07, 6.45) is 5.14. The topological polar surface area (TPSA) is 21.3 Å². The van der Waals surface area contributed by atoms with Crippen LogP contribution in [0.2, 0.25) is 0 Å². The Morgan fingerprint density at radius 3 is 2.50 bits per heavy atom. The smallest absolute Gasteiger partial charge is 0.0468 e. The van der Waals surface area contributed by atoms with Crippen LogP contribution in [0.15, 0.2) is 0 Å². The maximum atomic E-state index is 5.38. The predicted molar refractivity (Wildman–Crippen MR) is 60.5 cm³/mol. The Morgan fingerprint density at radius 2 is 2.00 bits per heavy atom. The van der Waals surface area contributed by atoms with E-state index in [4.69, 9.17) is 4.74 Å². The second-order valence-electron chi connectivity index (χ2n) is 4.57. The molecule has 0 amide bonds. The first-order valence-corrected chi connectivity index (χ1v) is 6.03. The van der Waals surface area contributed by atoms with Crippen LogP contribution >= 0.6 is 0 Å².